The minimum atomic E-state index is -0.512. The number of rotatable bonds is 5. The molecule has 9 nitrogen and oxygen atoms in total. The standard InChI is InChI=1S/C26H23FN6O3/c1-32-7-6-15(31-32)10-21-25-18(19(12-28-21)26(34)35-2)11-20(30-25)16-4-3-5-17(24(16)27)22-13-33-8-9-36-14-23(33)29-22/h3-7,11-13,30H,8-10,14H2,1-2H3. The van der Waals surface area contributed by atoms with Crippen LogP contribution in [-0.2, 0) is 36.1 Å². The Morgan fingerprint density at radius 2 is 2.14 bits per heavy atom. The SMILES string of the molecule is COC(=O)c1cnc(Cc2ccn(C)n2)c2[nH]c(-c3cccc(-c4cn5c(n4)COCC5)c3F)cc12. The first-order valence-electron chi connectivity index (χ1n) is 11.5. The highest BCUT2D eigenvalue weighted by molar-refractivity contribution is 6.05. The molecule has 1 aliphatic rings. The van der Waals surface area contributed by atoms with Gasteiger partial charge in [0.25, 0.3) is 0 Å². The van der Waals surface area contributed by atoms with Gasteiger partial charge in [-0.25, -0.2) is 14.2 Å². The number of halogens is 1. The first-order chi connectivity index (χ1) is 17.5. The summed E-state index contributed by atoms with van der Waals surface area (Å²) in [5.74, 6) is -0.138. The Hall–Kier alpha value is -4.31. The molecule has 0 aliphatic carbocycles. The second-order valence-electron chi connectivity index (χ2n) is 8.69. The van der Waals surface area contributed by atoms with Crippen LogP contribution in [-0.4, -0.2) is 49.0 Å². The van der Waals surface area contributed by atoms with Gasteiger partial charge in [-0.05, 0) is 24.3 Å². The van der Waals surface area contributed by atoms with Crippen LogP contribution in [0.25, 0.3) is 33.4 Å². The van der Waals surface area contributed by atoms with E-state index < -0.39 is 11.8 Å². The highest BCUT2D eigenvalue weighted by atomic mass is 19.1. The topological polar surface area (TPSA) is 99.8 Å². The number of pyridine rings is 1. The number of hydrogen-bond acceptors (Lipinski definition) is 6. The van der Waals surface area contributed by atoms with Crippen LogP contribution in [0.2, 0.25) is 0 Å². The van der Waals surface area contributed by atoms with Crippen molar-refractivity contribution in [3.05, 3.63) is 77.5 Å². The Morgan fingerprint density at radius 3 is 2.92 bits per heavy atom. The quantitative estimate of drug-likeness (QED) is 0.379. The maximum absolute atomic E-state index is 15.9. The maximum atomic E-state index is 15.9. The van der Waals surface area contributed by atoms with Crippen molar-refractivity contribution in [2.24, 2.45) is 7.05 Å². The Kier molecular flexibility index (Phi) is 5.37. The molecule has 0 spiro atoms. The lowest BCUT2D eigenvalue weighted by Gasteiger charge is -2.13. The van der Waals surface area contributed by atoms with Crippen molar-refractivity contribution in [1.29, 1.82) is 0 Å². The Bertz CT molecular complexity index is 1590. The zero-order valence-corrected chi connectivity index (χ0v) is 19.8. The molecule has 0 fully saturated rings. The molecule has 0 saturated carbocycles. The summed E-state index contributed by atoms with van der Waals surface area (Å²) in [7, 11) is 3.17. The second-order valence-corrected chi connectivity index (χ2v) is 8.69. The average molecular weight is 487 g/mol. The third-order valence-corrected chi connectivity index (χ3v) is 6.40. The van der Waals surface area contributed by atoms with Crippen molar-refractivity contribution >= 4 is 16.9 Å². The number of H-pyrrole nitrogens is 1. The van der Waals surface area contributed by atoms with Crippen LogP contribution in [0.15, 0.2) is 48.9 Å². The van der Waals surface area contributed by atoms with Gasteiger partial charge in [-0.1, -0.05) is 6.07 Å². The number of aromatic nitrogens is 6. The van der Waals surface area contributed by atoms with Gasteiger partial charge in [0.2, 0.25) is 0 Å². The molecule has 10 heteroatoms. The highest BCUT2D eigenvalue weighted by Gasteiger charge is 2.22. The highest BCUT2D eigenvalue weighted by Crippen LogP contribution is 2.34. The number of benzene rings is 1. The molecular weight excluding hydrogens is 463 g/mol. The van der Waals surface area contributed by atoms with Crippen LogP contribution >= 0.6 is 0 Å². The minimum Gasteiger partial charge on any atom is -0.465 e. The van der Waals surface area contributed by atoms with Gasteiger partial charge in [0.05, 0.1) is 41.9 Å². The van der Waals surface area contributed by atoms with E-state index in [0.29, 0.717) is 70.9 Å². The molecule has 36 heavy (non-hydrogen) atoms. The molecule has 0 atom stereocenters. The number of nitrogens with zero attached hydrogens (tertiary/aromatic N) is 5. The van der Waals surface area contributed by atoms with Crippen molar-refractivity contribution in [2.75, 3.05) is 13.7 Å². The molecule has 1 aliphatic heterocycles. The predicted molar refractivity (Wildman–Crippen MR) is 130 cm³/mol. The van der Waals surface area contributed by atoms with Gasteiger partial charge in [-0.15, -0.1) is 0 Å². The summed E-state index contributed by atoms with van der Waals surface area (Å²) in [6, 6.07) is 8.88. The average Bonchev–Trinajstić information content (AvgIpc) is 3.62. The van der Waals surface area contributed by atoms with E-state index in [4.69, 9.17) is 9.47 Å². The summed E-state index contributed by atoms with van der Waals surface area (Å²) >= 11 is 0. The fourth-order valence-corrected chi connectivity index (χ4v) is 4.61. The third kappa shape index (κ3) is 3.75. The number of carbonyl (C=O) groups excluding carboxylic acids is 1. The number of hydrogen-bond donors (Lipinski definition) is 1. The molecule has 5 heterocycles. The molecule has 0 amide bonds. The van der Waals surface area contributed by atoms with Gasteiger partial charge >= 0.3 is 5.97 Å². The number of ether oxygens (including phenoxy) is 2. The summed E-state index contributed by atoms with van der Waals surface area (Å²) in [6.45, 7) is 1.71. The first kappa shape index (κ1) is 22.2. The normalized spacial score (nSPS) is 13.2. The predicted octanol–water partition coefficient (Wildman–Crippen LogP) is 3.87. The Balaban J connectivity index is 1.47. The second kappa shape index (κ2) is 8.72. The van der Waals surface area contributed by atoms with Gasteiger partial charge in [0, 0.05) is 60.8 Å². The zero-order valence-electron chi connectivity index (χ0n) is 19.8. The number of carbonyl (C=O) groups is 1. The smallest absolute Gasteiger partial charge is 0.340 e. The molecular formula is C26H23FN6O3. The van der Waals surface area contributed by atoms with Crippen molar-refractivity contribution in [1.82, 2.24) is 29.3 Å². The van der Waals surface area contributed by atoms with Crippen LogP contribution in [0, 0.1) is 5.82 Å². The molecule has 0 radical (unpaired) electrons. The van der Waals surface area contributed by atoms with Crippen LogP contribution in [0.3, 0.4) is 0 Å². The number of aryl methyl sites for hydroxylation is 1. The Morgan fingerprint density at radius 1 is 1.28 bits per heavy atom. The van der Waals surface area contributed by atoms with Crippen LogP contribution in [0.5, 0.6) is 0 Å². The van der Waals surface area contributed by atoms with Gasteiger partial charge in [-0.3, -0.25) is 9.67 Å². The van der Waals surface area contributed by atoms with E-state index in [1.807, 2.05) is 30.1 Å². The van der Waals surface area contributed by atoms with Gasteiger partial charge in [0.15, 0.2) is 0 Å². The van der Waals surface area contributed by atoms with Gasteiger partial charge < -0.3 is 19.0 Å². The fraction of sp³-hybridized carbons (Fsp3) is 0.231. The number of methoxy groups -OCH3 is 1. The van der Waals surface area contributed by atoms with E-state index in [0.717, 1.165) is 11.5 Å². The van der Waals surface area contributed by atoms with Gasteiger partial charge in [-0.2, -0.15) is 5.10 Å². The molecule has 1 N–H and O–H groups in total. The van der Waals surface area contributed by atoms with E-state index in [1.165, 1.54) is 13.3 Å². The Labute approximate surface area is 205 Å². The molecule has 4 aromatic heterocycles. The minimum absolute atomic E-state index is 0.304. The largest absolute Gasteiger partial charge is 0.465 e. The number of aromatic amines is 1. The molecule has 1 aromatic carbocycles. The number of nitrogens with one attached hydrogen (secondary N) is 1. The van der Waals surface area contributed by atoms with Crippen molar-refractivity contribution < 1.29 is 18.7 Å². The van der Waals surface area contributed by atoms with Crippen LogP contribution < -0.4 is 0 Å². The molecule has 5 aromatic rings. The van der Waals surface area contributed by atoms with E-state index in [-0.39, 0.29) is 0 Å². The summed E-state index contributed by atoms with van der Waals surface area (Å²) in [4.78, 5) is 24.9. The summed E-state index contributed by atoms with van der Waals surface area (Å²) < 4.78 is 30.0. The van der Waals surface area contributed by atoms with Crippen molar-refractivity contribution in [3.63, 3.8) is 0 Å². The number of imidazole rings is 1. The zero-order chi connectivity index (χ0) is 24.8. The van der Waals surface area contributed by atoms with Crippen molar-refractivity contribution in [2.45, 2.75) is 19.6 Å². The number of fused-ring (bicyclic) bond motifs is 2. The summed E-state index contributed by atoms with van der Waals surface area (Å²) in [5.41, 5.74) is 4.31. The third-order valence-electron chi connectivity index (χ3n) is 6.40. The molecule has 0 saturated heterocycles. The molecule has 0 bridgehead atoms. The lowest BCUT2D eigenvalue weighted by molar-refractivity contribution is 0.0602. The van der Waals surface area contributed by atoms with E-state index >= 15 is 4.39 Å². The monoisotopic (exact) mass is 486 g/mol. The number of esters is 1. The fourth-order valence-electron chi connectivity index (χ4n) is 4.61. The van der Waals surface area contributed by atoms with Gasteiger partial charge in [0.1, 0.15) is 18.2 Å². The molecule has 182 valence electrons. The summed E-state index contributed by atoms with van der Waals surface area (Å²) in [6.07, 6.45) is 5.66. The molecule has 6 rings (SSSR count). The van der Waals surface area contributed by atoms with E-state index in [1.54, 1.807) is 28.9 Å². The van der Waals surface area contributed by atoms with Crippen LogP contribution in [0.4, 0.5) is 4.39 Å². The summed E-state index contributed by atoms with van der Waals surface area (Å²) in [5, 5.41) is 5.04. The van der Waals surface area contributed by atoms with E-state index in [2.05, 4.69) is 20.1 Å². The lowest BCUT2D eigenvalue weighted by Crippen LogP contribution is -2.15. The van der Waals surface area contributed by atoms with Crippen molar-refractivity contribution in [3.8, 4) is 22.5 Å². The van der Waals surface area contributed by atoms with E-state index in [9.17, 15) is 4.79 Å². The van der Waals surface area contributed by atoms with Crippen LogP contribution in [0.1, 0.15) is 27.6 Å². The first-order valence-corrected chi connectivity index (χ1v) is 11.5. The lowest BCUT2D eigenvalue weighted by atomic mass is 10.0. The maximum Gasteiger partial charge on any atom is 0.340 e. The molecule has 0 unspecified atom stereocenters.